The van der Waals surface area contributed by atoms with Crippen LogP contribution in [0.5, 0.6) is 0 Å². The number of aliphatic hydroxyl groups excluding tert-OH is 1. The first-order chi connectivity index (χ1) is 9.52. The molecule has 0 saturated heterocycles. The Kier molecular flexibility index (Phi) is 4.57. The van der Waals surface area contributed by atoms with Crippen LogP contribution < -0.4 is 0 Å². The molecule has 0 aliphatic heterocycles. The van der Waals surface area contributed by atoms with Crippen LogP contribution in [0.25, 0.3) is 5.69 Å². The minimum atomic E-state index is -0.561. The summed E-state index contributed by atoms with van der Waals surface area (Å²) in [6.07, 6.45) is 2.72. The zero-order chi connectivity index (χ0) is 14.6. The summed E-state index contributed by atoms with van der Waals surface area (Å²) in [6.45, 7) is 4.03. The molecular formula is C16H22N2O2. The van der Waals surface area contributed by atoms with Crippen LogP contribution in [-0.4, -0.2) is 27.6 Å². The molecular weight excluding hydrogens is 252 g/mol. The van der Waals surface area contributed by atoms with E-state index >= 15 is 0 Å². The molecule has 0 radical (unpaired) electrons. The highest BCUT2D eigenvalue weighted by Gasteiger charge is 2.20. The van der Waals surface area contributed by atoms with Crippen molar-refractivity contribution in [3.63, 3.8) is 0 Å². The van der Waals surface area contributed by atoms with Crippen LogP contribution in [0.2, 0.25) is 0 Å². The van der Waals surface area contributed by atoms with Gasteiger partial charge >= 0.3 is 0 Å². The molecule has 4 heteroatoms. The van der Waals surface area contributed by atoms with E-state index in [1.807, 2.05) is 56.4 Å². The van der Waals surface area contributed by atoms with E-state index < -0.39 is 6.10 Å². The molecule has 1 aromatic carbocycles. The second-order valence-electron chi connectivity index (χ2n) is 5.54. The highest BCUT2D eigenvalue weighted by atomic mass is 16.5. The maximum absolute atomic E-state index is 10.2. The van der Waals surface area contributed by atoms with Crippen LogP contribution in [0.1, 0.15) is 38.5 Å². The second kappa shape index (κ2) is 6.20. The quantitative estimate of drug-likeness (QED) is 0.880. The Balaban J connectivity index is 2.02. The molecule has 0 aliphatic rings. The number of para-hydroxylation sites is 1. The Morgan fingerprint density at radius 3 is 2.60 bits per heavy atom. The Morgan fingerprint density at radius 1 is 1.25 bits per heavy atom. The number of hydrogen-bond donors (Lipinski definition) is 1. The van der Waals surface area contributed by atoms with Gasteiger partial charge in [0.15, 0.2) is 0 Å². The Bertz CT molecular complexity index is 534. The fourth-order valence-electron chi connectivity index (χ4n) is 1.97. The van der Waals surface area contributed by atoms with Crippen molar-refractivity contribution in [3.05, 3.63) is 48.3 Å². The van der Waals surface area contributed by atoms with Crippen molar-refractivity contribution < 1.29 is 9.84 Å². The van der Waals surface area contributed by atoms with Gasteiger partial charge in [-0.15, -0.1) is 0 Å². The fourth-order valence-corrected chi connectivity index (χ4v) is 1.97. The SMILES string of the molecule is COC(C)(C)CCC(O)c1ccn(-c2ccccc2)n1. The van der Waals surface area contributed by atoms with Crippen molar-refractivity contribution in [2.75, 3.05) is 7.11 Å². The van der Waals surface area contributed by atoms with Crippen LogP contribution in [0.4, 0.5) is 0 Å². The lowest BCUT2D eigenvalue weighted by atomic mass is 9.99. The van der Waals surface area contributed by atoms with E-state index in [1.165, 1.54) is 0 Å². The zero-order valence-corrected chi connectivity index (χ0v) is 12.3. The maximum atomic E-state index is 10.2. The lowest BCUT2D eigenvalue weighted by Crippen LogP contribution is -2.23. The molecule has 1 aromatic heterocycles. The number of benzene rings is 1. The Hall–Kier alpha value is -1.65. The third kappa shape index (κ3) is 3.68. The number of methoxy groups -OCH3 is 1. The van der Waals surface area contributed by atoms with Crippen molar-refractivity contribution >= 4 is 0 Å². The van der Waals surface area contributed by atoms with Gasteiger partial charge in [0.1, 0.15) is 0 Å². The van der Waals surface area contributed by atoms with E-state index in [-0.39, 0.29) is 5.60 Å². The molecule has 0 spiro atoms. The smallest absolute Gasteiger partial charge is 0.0979 e. The lowest BCUT2D eigenvalue weighted by molar-refractivity contribution is 0.00238. The monoisotopic (exact) mass is 274 g/mol. The summed E-state index contributed by atoms with van der Waals surface area (Å²) in [6, 6.07) is 11.7. The highest BCUT2D eigenvalue weighted by Crippen LogP contribution is 2.23. The Morgan fingerprint density at radius 2 is 1.95 bits per heavy atom. The summed E-state index contributed by atoms with van der Waals surface area (Å²) >= 11 is 0. The third-order valence-corrected chi connectivity index (χ3v) is 3.54. The van der Waals surface area contributed by atoms with E-state index in [2.05, 4.69) is 5.10 Å². The largest absolute Gasteiger partial charge is 0.387 e. The Labute approximate surface area is 120 Å². The molecule has 2 aromatic rings. The number of rotatable bonds is 6. The van der Waals surface area contributed by atoms with E-state index in [4.69, 9.17) is 4.74 Å². The van der Waals surface area contributed by atoms with Crippen molar-refractivity contribution in [1.82, 2.24) is 9.78 Å². The molecule has 1 N–H and O–H groups in total. The van der Waals surface area contributed by atoms with Crippen LogP contribution in [0, 0.1) is 0 Å². The molecule has 1 atom stereocenters. The number of aromatic nitrogens is 2. The van der Waals surface area contributed by atoms with Gasteiger partial charge in [-0.2, -0.15) is 5.10 Å². The van der Waals surface area contributed by atoms with Crippen LogP contribution in [-0.2, 0) is 4.74 Å². The molecule has 20 heavy (non-hydrogen) atoms. The molecule has 0 aliphatic carbocycles. The predicted octanol–water partition coefficient (Wildman–Crippen LogP) is 3.11. The van der Waals surface area contributed by atoms with Crippen molar-refractivity contribution in [3.8, 4) is 5.69 Å². The molecule has 0 bridgehead atoms. The first-order valence-electron chi connectivity index (χ1n) is 6.86. The van der Waals surface area contributed by atoms with Crippen molar-refractivity contribution in [2.24, 2.45) is 0 Å². The maximum Gasteiger partial charge on any atom is 0.0979 e. The molecule has 2 rings (SSSR count). The molecule has 1 heterocycles. The molecule has 0 amide bonds. The average Bonchev–Trinajstić information content (AvgIpc) is 2.96. The van der Waals surface area contributed by atoms with Gasteiger partial charge in [-0.1, -0.05) is 18.2 Å². The van der Waals surface area contributed by atoms with Gasteiger partial charge in [-0.05, 0) is 44.9 Å². The molecule has 0 fully saturated rings. The minimum Gasteiger partial charge on any atom is -0.387 e. The fraction of sp³-hybridized carbons (Fsp3) is 0.438. The van der Waals surface area contributed by atoms with Crippen LogP contribution >= 0.6 is 0 Å². The molecule has 0 saturated carbocycles. The first-order valence-corrected chi connectivity index (χ1v) is 6.86. The van der Waals surface area contributed by atoms with Crippen molar-refractivity contribution in [1.29, 1.82) is 0 Å². The predicted molar refractivity (Wildman–Crippen MR) is 78.8 cm³/mol. The molecule has 1 unspecified atom stereocenters. The van der Waals surface area contributed by atoms with Gasteiger partial charge in [-0.25, -0.2) is 4.68 Å². The van der Waals surface area contributed by atoms with E-state index in [0.29, 0.717) is 12.1 Å². The third-order valence-electron chi connectivity index (χ3n) is 3.54. The van der Waals surface area contributed by atoms with Gasteiger partial charge in [-0.3, -0.25) is 0 Å². The van der Waals surface area contributed by atoms with E-state index in [1.54, 1.807) is 11.8 Å². The molecule has 108 valence electrons. The van der Waals surface area contributed by atoms with Gasteiger partial charge in [0.25, 0.3) is 0 Å². The van der Waals surface area contributed by atoms with E-state index in [9.17, 15) is 5.11 Å². The lowest BCUT2D eigenvalue weighted by Gasteiger charge is -2.23. The average molecular weight is 274 g/mol. The highest BCUT2D eigenvalue weighted by molar-refractivity contribution is 5.30. The summed E-state index contributed by atoms with van der Waals surface area (Å²) < 4.78 is 7.14. The topological polar surface area (TPSA) is 47.3 Å². The minimum absolute atomic E-state index is 0.219. The van der Waals surface area contributed by atoms with Gasteiger partial charge in [0, 0.05) is 13.3 Å². The first kappa shape index (κ1) is 14.8. The summed E-state index contributed by atoms with van der Waals surface area (Å²) in [7, 11) is 1.69. The number of aliphatic hydroxyl groups is 1. The van der Waals surface area contributed by atoms with Crippen LogP contribution in [0.15, 0.2) is 42.6 Å². The number of hydrogen-bond acceptors (Lipinski definition) is 3. The standard InChI is InChI=1S/C16H22N2O2/c1-16(2,20-3)11-9-15(19)14-10-12-18(17-14)13-7-5-4-6-8-13/h4-8,10,12,15,19H,9,11H2,1-3H3. The molecule has 4 nitrogen and oxygen atoms in total. The van der Waals surface area contributed by atoms with Gasteiger partial charge < -0.3 is 9.84 Å². The van der Waals surface area contributed by atoms with Gasteiger partial charge in [0.05, 0.1) is 23.1 Å². The summed E-state index contributed by atoms with van der Waals surface area (Å²) in [5, 5.41) is 14.6. The van der Waals surface area contributed by atoms with E-state index in [0.717, 1.165) is 12.1 Å². The number of ether oxygens (including phenoxy) is 1. The second-order valence-corrected chi connectivity index (χ2v) is 5.54. The summed E-state index contributed by atoms with van der Waals surface area (Å²) in [4.78, 5) is 0. The zero-order valence-electron chi connectivity index (χ0n) is 12.3. The summed E-state index contributed by atoms with van der Waals surface area (Å²) in [5.41, 5.74) is 1.46. The number of nitrogens with zero attached hydrogens (tertiary/aromatic N) is 2. The normalized spacial score (nSPS) is 13.4. The van der Waals surface area contributed by atoms with Crippen molar-refractivity contribution in [2.45, 2.75) is 38.4 Å². The summed E-state index contributed by atoms with van der Waals surface area (Å²) in [5.74, 6) is 0. The van der Waals surface area contributed by atoms with Gasteiger partial charge in [0.2, 0.25) is 0 Å². The van der Waals surface area contributed by atoms with Crippen LogP contribution in [0.3, 0.4) is 0 Å².